The van der Waals surface area contributed by atoms with Crippen LogP contribution in [0.1, 0.15) is 30.0 Å². The van der Waals surface area contributed by atoms with Crippen molar-refractivity contribution in [2.24, 2.45) is 0 Å². The van der Waals surface area contributed by atoms with Crippen molar-refractivity contribution in [3.8, 4) is 11.5 Å². The first-order valence-corrected chi connectivity index (χ1v) is 9.02. The van der Waals surface area contributed by atoms with Gasteiger partial charge in [-0.05, 0) is 49.6 Å². The van der Waals surface area contributed by atoms with Gasteiger partial charge in [0.05, 0.1) is 11.1 Å². The van der Waals surface area contributed by atoms with E-state index < -0.39 is 5.97 Å². The number of hydrogen-bond donors (Lipinski definition) is 0. The first-order valence-electron chi connectivity index (χ1n) is 8.08. The molecule has 1 aromatic carbocycles. The number of carbonyl (C=O) groups excluding carboxylic acids is 1. The number of carbonyl (C=O) groups is 1. The third-order valence-electron chi connectivity index (χ3n) is 3.80. The molecule has 0 saturated carbocycles. The van der Waals surface area contributed by atoms with Gasteiger partial charge in [0.2, 0.25) is 5.82 Å². The van der Waals surface area contributed by atoms with Crippen LogP contribution in [0.4, 0.5) is 5.69 Å². The Bertz CT molecular complexity index is 808. The number of thiophene rings is 1. The molecule has 7 heteroatoms. The van der Waals surface area contributed by atoms with Crippen LogP contribution in [-0.2, 0) is 11.3 Å². The first-order chi connectivity index (χ1) is 12.2. The summed E-state index contributed by atoms with van der Waals surface area (Å²) >= 11 is 1.55. The summed E-state index contributed by atoms with van der Waals surface area (Å²) in [4.78, 5) is 18.6. The van der Waals surface area contributed by atoms with E-state index in [0.29, 0.717) is 17.3 Å². The highest BCUT2D eigenvalue weighted by Gasteiger charge is 2.13. The Balaban J connectivity index is 1.59. The number of benzene rings is 1. The molecular formula is C18H19N3O3S. The number of rotatable bonds is 7. The fourth-order valence-electron chi connectivity index (χ4n) is 2.43. The molecule has 0 amide bonds. The lowest BCUT2D eigenvalue weighted by atomic mass is 10.2. The Morgan fingerprint density at radius 2 is 1.96 bits per heavy atom. The lowest BCUT2D eigenvalue weighted by Gasteiger charge is -2.20. The molecule has 0 aliphatic carbocycles. The van der Waals surface area contributed by atoms with Crippen molar-refractivity contribution in [2.75, 3.05) is 18.0 Å². The summed E-state index contributed by atoms with van der Waals surface area (Å²) in [5.41, 5.74) is 2.44. The highest BCUT2D eigenvalue weighted by molar-refractivity contribution is 7.08. The topological polar surface area (TPSA) is 68.5 Å². The van der Waals surface area contributed by atoms with E-state index in [1.165, 1.54) is 0 Å². The highest BCUT2D eigenvalue weighted by atomic mass is 32.1. The molecule has 2 aromatic heterocycles. The van der Waals surface area contributed by atoms with Crippen molar-refractivity contribution >= 4 is 23.0 Å². The number of nitrogens with zero attached hydrogens (tertiary/aromatic N) is 3. The van der Waals surface area contributed by atoms with Gasteiger partial charge < -0.3 is 14.2 Å². The van der Waals surface area contributed by atoms with E-state index >= 15 is 0 Å². The molecule has 0 unspecified atom stereocenters. The maximum Gasteiger partial charge on any atom is 0.338 e. The Morgan fingerprint density at radius 3 is 2.60 bits per heavy atom. The second kappa shape index (κ2) is 7.94. The van der Waals surface area contributed by atoms with Crippen LogP contribution < -0.4 is 4.90 Å². The fourth-order valence-corrected chi connectivity index (χ4v) is 3.06. The Kier molecular flexibility index (Phi) is 5.45. The molecule has 2 heterocycles. The van der Waals surface area contributed by atoms with Crippen molar-refractivity contribution in [1.82, 2.24) is 10.1 Å². The van der Waals surface area contributed by atoms with Gasteiger partial charge in [-0.3, -0.25) is 0 Å². The van der Waals surface area contributed by atoms with Gasteiger partial charge in [0.1, 0.15) is 0 Å². The molecule has 0 fully saturated rings. The molecular weight excluding hydrogens is 338 g/mol. The van der Waals surface area contributed by atoms with Crippen LogP contribution in [0.5, 0.6) is 0 Å². The maximum atomic E-state index is 12.2. The molecule has 3 rings (SSSR count). The van der Waals surface area contributed by atoms with Crippen molar-refractivity contribution in [3.05, 3.63) is 52.5 Å². The van der Waals surface area contributed by atoms with Gasteiger partial charge in [-0.1, -0.05) is 5.16 Å². The molecule has 0 aliphatic heterocycles. The van der Waals surface area contributed by atoms with Gasteiger partial charge in [-0.2, -0.15) is 16.3 Å². The predicted molar refractivity (Wildman–Crippen MR) is 96.7 cm³/mol. The normalized spacial score (nSPS) is 10.6. The monoisotopic (exact) mass is 357 g/mol. The molecule has 25 heavy (non-hydrogen) atoms. The molecule has 0 bridgehead atoms. The predicted octanol–water partition coefficient (Wildman–Crippen LogP) is 4.00. The van der Waals surface area contributed by atoms with Crippen LogP contribution >= 0.6 is 11.3 Å². The molecule has 0 atom stereocenters. The largest absolute Gasteiger partial charge is 0.454 e. The van der Waals surface area contributed by atoms with Gasteiger partial charge in [-0.25, -0.2) is 4.79 Å². The van der Waals surface area contributed by atoms with Crippen molar-refractivity contribution in [1.29, 1.82) is 0 Å². The minimum Gasteiger partial charge on any atom is -0.454 e. The summed E-state index contributed by atoms with van der Waals surface area (Å²) in [5, 5.41) is 7.68. The van der Waals surface area contributed by atoms with Crippen LogP contribution in [0.3, 0.4) is 0 Å². The molecule has 0 N–H and O–H groups in total. The van der Waals surface area contributed by atoms with Crippen LogP contribution in [0.15, 0.2) is 45.6 Å². The summed E-state index contributed by atoms with van der Waals surface area (Å²) in [6, 6.07) is 9.27. The molecule has 0 spiro atoms. The van der Waals surface area contributed by atoms with Crippen molar-refractivity contribution in [2.45, 2.75) is 20.5 Å². The zero-order valence-electron chi connectivity index (χ0n) is 14.1. The molecule has 0 radical (unpaired) electrons. The van der Waals surface area contributed by atoms with Crippen LogP contribution in [0.25, 0.3) is 11.5 Å². The lowest BCUT2D eigenvalue weighted by molar-refractivity contribution is 0.0459. The van der Waals surface area contributed by atoms with E-state index in [4.69, 9.17) is 9.26 Å². The average molecular weight is 357 g/mol. The number of anilines is 1. The molecule has 6 nitrogen and oxygen atoms in total. The number of aromatic nitrogens is 2. The number of ether oxygens (including phenoxy) is 1. The van der Waals surface area contributed by atoms with E-state index in [2.05, 4.69) is 28.9 Å². The van der Waals surface area contributed by atoms with E-state index in [-0.39, 0.29) is 6.61 Å². The van der Waals surface area contributed by atoms with Crippen molar-refractivity contribution in [3.63, 3.8) is 0 Å². The molecule has 130 valence electrons. The first kappa shape index (κ1) is 17.2. The highest BCUT2D eigenvalue weighted by Crippen LogP contribution is 2.20. The van der Waals surface area contributed by atoms with Gasteiger partial charge >= 0.3 is 5.97 Å². The average Bonchev–Trinajstić information content (AvgIpc) is 3.33. The number of hydrogen-bond acceptors (Lipinski definition) is 7. The SMILES string of the molecule is CCN(CC)c1ccc(C(=O)OCc2noc(-c3ccsc3)n2)cc1. The Hall–Kier alpha value is -2.67. The maximum absolute atomic E-state index is 12.2. The van der Waals surface area contributed by atoms with Crippen molar-refractivity contribution < 1.29 is 14.1 Å². The fraction of sp³-hybridized carbons (Fsp3) is 0.278. The quantitative estimate of drug-likeness (QED) is 0.595. The molecule has 3 aromatic rings. The van der Waals surface area contributed by atoms with E-state index in [0.717, 1.165) is 24.3 Å². The third kappa shape index (κ3) is 4.06. The van der Waals surface area contributed by atoms with Gasteiger partial charge in [0.25, 0.3) is 5.89 Å². The van der Waals surface area contributed by atoms with Gasteiger partial charge in [0.15, 0.2) is 6.61 Å². The van der Waals surface area contributed by atoms with E-state index in [9.17, 15) is 4.79 Å². The smallest absolute Gasteiger partial charge is 0.338 e. The van der Waals surface area contributed by atoms with Crippen LogP contribution in [0.2, 0.25) is 0 Å². The van der Waals surface area contributed by atoms with E-state index in [1.54, 1.807) is 23.5 Å². The summed E-state index contributed by atoms with van der Waals surface area (Å²) in [5.74, 6) is 0.359. The minimum absolute atomic E-state index is 0.0235. The Labute approximate surface area is 150 Å². The molecule has 0 aliphatic rings. The standard InChI is InChI=1S/C18H19N3O3S/c1-3-21(4-2)15-7-5-13(6-8-15)18(22)23-11-16-19-17(24-20-16)14-9-10-25-12-14/h5-10,12H,3-4,11H2,1-2H3. The minimum atomic E-state index is -0.409. The second-order valence-electron chi connectivity index (χ2n) is 5.32. The van der Waals surface area contributed by atoms with Crippen LogP contribution in [-0.4, -0.2) is 29.2 Å². The third-order valence-corrected chi connectivity index (χ3v) is 4.48. The summed E-state index contributed by atoms with van der Waals surface area (Å²) in [6.07, 6.45) is 0. The van der Waals surface area contributed by atoms with Gasteiger partial charge in [-0.15, -0.1) is 0 Å². The summed E-state index contributed by atoms with van der Waals surface area (Å²) < 4.78 is 10.4. The zero-order chi connectivity index (χ0) is 17.6. The number of esters is 1. The molecule has 0 saturated heterocycles. The summed E-state index contributed by atoms with van der Waals surface area (Å²) in [6.45, 7) is 6.02. The summed E-state index contributed by atoms with van der Waals surface area (Å²) in [7, 11) is 0. The lowest BCUT2D eigenvalue weighted by Crippen LogP contribution is -2.21. The second-order valence-corrected chi connectivity index (χ2v) is 6.10. The Morgan fingerprint density at radius 1 is 1.20 bits per heavy atom. The van der Waals surface area contributed by atoms with Crippen LogP contribution in [0, 0.1) is 0 Å². The van der Waals surface area contributed by atoms with Gasteiger partial charge in [0, 0.05) is 24.2 Å². The zero-order valence-corrected chi connectivity index (χ0v) is 15.0. The van der Waals surface area contributed by atoms with E-state index in [1.807, 2.05) is 29.0 Å².